The Balaban J connectivity index is 2.22. The minimum absolute atomic E-state index is 0.328. The predicted molar refractivity (Wildman–Crippen MR) is 74.6 cm³/mol. The van der Waals surface area contributed by atoms with Crippen LogP contribution in [0.2, 0.25) is 5.02 Å². The van der Waals surface area contributed by atoms with E-state index in [1.165, 1.54) is 13.3 Å². The van der Waals surface area contributed by atoms with Crippen molar-refractivity contribution in [2.24, 2.45) is 0 Å². The van der Waals surface area contributed by atoms with Gasteiger partial charge in [-0.15, -0.1) is 0 Å². The fourth-order valence-electron chi connectivity index (χ4n) is 1.52. The van der Waals surface area contributed by atoms with Crippen LogP contribution >= 0.6 is 11.6 Å². The summed E-state index contributed by atoms with van der Waals surface area (Å²) >= 11 is 5.84. The molecule has 6 heteroatoms. The van der Waals surface area contributed by atoms with E-state index in [4.69, 9.17) is 22.1 Å². The van der Waals surface area contributed by atoms with Gasteiger partial charge in [0.15, 0.2) is 0 Å². The SMILES string of the molecule is COc1cc(Cl)ccc1C(=O)Nc1ccc(N)cn1. The number of halogens is 1. The molecule has 0 atom stereocenters. The minimum atomic E-state index is -0.328. The molecule has 3 N–H and O–H groups in total. The van der Waals surface area contributed by atoms with Crippen molar-refractivity contribution < 1.29 is 9.53 Å². The maximum absolute atomic E-state index is 12.1. The number of ether oxygens (including phenoxy) is 1. The lowest BCUT2D eigenvalue weighted by Crippen LogP contribution is -2.14. The third-order valence-corrected chi connectivity index (χ3v) is 2.67. The number of rotatable bonds is 3. The van der Waals surface area contributed by atoms with Crippen LogP contribution in [0, 0.1) is 0 Å². The van der Waals surface area contributed by atoms with E-state index in [2.05, 4.69) is 10.3 Å². The number of nitrogen functional groups attached to an aromatic ring is 1. The Bertz CT molecular complexity index is 599. The molecular weight excluding hydrogens is 266 g/mol. The number of amides is 1. The summed E-state index contributed by atoms with van der Waals surface area (Å²) < 4.78 is 5.12. The molecule has 0 aliphatic rings. The molecule has 0 unspecified atom stereocenters. The number of nitrogens with one attached hydrogen (secondary N) is 1. The Morgan fingerprint density at radius 1 is 1.37 bits per heavy atom. The highest BCUT2D eigenvalue weighted by molar-refractivity contribution is 6.31. The molecule has 1 aromatic heterocycles. The Labute approximate surface area is 115 Å². The van der Waals surface area contributed by atoms with Crippen molar-refractivity contribution in [2.75, 3.05) is 18.2 Å². The van der Waals surface area contributed by atoms with Gasteiger partial charge in [-0.05, 0) is 30.3 Å². The van der Waals surface area contributed by atoms with Crippen molar-refractivity contribution in [1.29, 1.82) is 0 Å². The molecule has 1 heterocycles. The summed E-state index contributed by atoms with van der Waals surface area (Å²) in [5.41, 5.74) is 6.43. The van der Waals surface area contributed by atoms with Gasteiger partial charge in [-0.1, -0.05) is 11.6 Å². The van der Waals surface area contributed by atoms with E-state index < -0.39 is 0 Å². The minimum Gasteiger partial charge on any atom is -0.496 e. The van der Waals surface area contributed by atoms with Gasteiger partial charge < -0.3 is 15.8 Å². The van der Waals surface area contributed by atoms with Crippen molar-refractivity contribution in [3.8, 4) is 5.75 Å². The highest BCUT2D eigenvalue weighted by Crippen LogP contribution is 2.23. The topological polar surface area (TPSA) is 77.2 Å². The Hall–Kier alpha value is -2.27. The number of carbonyl (C=O) groups excluding carboxylic acids is 1. The van der Waals surface area contributed by atoms with E-state index in [-0.39, 0.29) is 5.91 Å². The van der Waals surface area contributed by atoms with Crippen LogP contribution in [0.5, 0.6) is 5.75 Å². The van der Waals surface area contributed by atoms with Gasteiger partial charge in [-0.25, -0.2) is 4.98 Å². The van der Waals surface area contributed by atoms with Gasteiger partial charge in [0.2, 0.25) is 0 Å². The molecule has 0 aliphatic carbocycles. The van der Waals surface area contributed by atoms with Crippen molar-refractivity contribution >= 4 is 29.0 Å². The van der Waals surface area contributed by atoms with Crippen LogP contribution in [0.3, 0.4) is 0 Å². The Morgan fingerprint density at radius 2 is 2.16 bits per heavy atom. The van der Waals surface area contributed by atoms with Gasteiger partial charge in [-0.2, -0.15) is 0 Å². The summed E-state index contributed by atoms with van der Waals surface area (Å²) in [6.45, 7) is 0. The second kappa shape index (κ2) is 5.58. The van der Waals surface area contributed by atoms with Gasteiger partial charge in [0, 0.05) is 5.02 Å². The van der Waals surface area contributed by atoms with E-state index in [0.717, 1.165) is 0 Å². The van der Waals surface area contributed by atoms with Crippen LogP contribution in [0.1, 0.15) is 10.4 Å². The zero-order chi connectivity index (χ0) is 13.8. The number of pyridine rings is 1. The predicted octanol–water partition coefficient (Wildman–Crippen LogP) is 2.58. The second-order valence-corrected chi connectivity index (χ2v) is 4.21. The molecular formula is C13H12ClN3O2. The Kier molecular flexibility index (Phi) is 3.87. The molecule has 2 rings (SSSR count). The molecule has 0 bridgehead atoms. The van der Waals surface area contributed by atoms with Crippen LogP contribution in [-0.2, 0) is 0 Å². The van der Waals surface area contributed by atoms with E-state index >= 15 is 0 Å². The van der Waals surface area contributed by atoms with Gasteiger partial charge in [0.1, 0.15) is 11.6 Å². The summed E-state index contributed by atoms with van der Waals surface area (Å²) in [6, 6.07) is 8.06. The number of nitrogens with two attached hydrogens (primary N) is 1. The molecule has 1 aromatic carbocycles. The summed E-state index contributed by atoms with van der Waals surface area (Å²) in [6.07, 6.45) is 1.47. The molecule has 5 nitrogen and oxygen atoms in total. The lowest BCUT2D eigenvalue weighted by Gasteiger charge is -2.09. The highest BCUT2D eigenvalue weighted by atomic mass is 35.5. The van der Waals surface area contributed by atoms with Gasteiger partial charge >= 0.3 is 0 Å². The van der Waals surface area contributed by atoms with Crippen LogP contribution < -0.4 is 15.8 Å². The molecule has 1 amide bonds. The summed E-state index contributed by atoms with van der Waals surface area (Å²) in [5, 5.41) is 3.15. The number of aromatic nitrogens is 1. The van der Waals surface area contributed by atoms with Gasteiger partial charge in [0.05, 0.1) is 24.6 Å². The molecule has 0 saturated heterocycles. The molecule has 0 fully saturated rings. The molecule has 0 aliphatic heterocycles. The first kappa shape index (κ1) is 13.2. The van der Waals surface area contributed by atoms with Gasteiger partial charge in [-0.3, -0.25) is 4.79 Å². The van der Waals surface area contributed by atoms with Crippen LogP contribution in [0.4, 0.5) is 11.5 Å². The maximum Gasteiger partial charge on any atom is 0.260 e. The molecule has 98 valence electrons. The van der Waals surface area contributed by atoms with Crippen molar-refractivity contribution in [3.05, 3.63) is 47.1 Å². The first-order valence-corrected chi connectivity index (χ1v) is 5.84. The lowest BCUT2D eigenvalue weighted by atomic mass is 10.2. The highest BCUT2D eigenvalue weighted by Gasteiger charge is 2.13. The summed E-state index contributed by atoms with van der Waals surface area (Å²) in [5.74, 6) is 0.488. The standard InChI is InChI=1S/C13H12ClN3O2/c1-19-11-6-8(14)2-4-10(11)13(18)17-12-5-3-9(15)7-16-12/h2-7H,15H2,1H3,(H,16,17,18). The summed E-state index contributed by atoms with van der Waals surface area (Å²) in [7, 11) is 1.48. The maximum atomic E-state index is 12.1. The number of benzene rings is 1. The third-order valence-electron chi connectivity index (χ3n) is 2.44. The fourth-order valence-corrected chi connectivity index (χ4v) is 1.68. The first-order valence-electron chi connectivity index (χ1n) is 5.46. The van der Waals surface area contributed by atoms with Crippen molar-refractivity contribution in [3.63, 3.8) is 0 Å². The molecule has 19 heavy (non-hydrogen) atoms. The van der Waals surface area contributed by atoms with Crippen LogP contribution in [0.15, 0.2) is 36.5 Å². The quantitative estimate of drug-likeness (QED) is 0.904. The first-order chi connectivity index (χ1) is 9.10. The second-order valence-electron chi connectivity index (χ2n) is 3.78. The number of hydrogen-bond acceptors (Lipinski definition) is 4. The normalized spacial score (nSPS) is 10.0. The van der Waals surface area contributed by atoms with Crippen molar-refractivity contribution in [1.82, 2.24) is 4.98 Å². The average Bonchev–Trinajstić information content (AvgIpc) is 2.41. The van der Waals surface area contributed by atoms with Crippen molar-refractivity contribution in [2.45, 2.75) is 0 Å². The number of carbonyl (C=O) groups is 1. The van der Waals surface area contributed by atoms with Crippen LogP contribution in [-0.4, -0.2) is 18.0 Å². The number of hydrogen-bond donors (Lipinski definition) is 2. The van der Waals surface area contributed by atoms with E-state index in [0.29, 0.717) is 27.8 Å². The van der Waals surface area contributed by atoms with Crippen LogP contribution in [0.25, 0.3) is 0 Å². The third kappa shape index (κ3) is 3.14. The smallest absolute Gasteiger partial charge is 0.260 e. The van der Waals surface area contributed by atoms with Gasteiger partial charge in [0.25, 0.3) is 5.91 Å². The Morgan fingerprint density at radius 3 is 2.79 bits per heavy atom. The zero-order valence-corrected chi connectivity index (χ0v) is 10.9. The molecule has 2 aromatic rings. The van der Waals surface area contributed by atoms with E-state index in [1.54, 1.807) is 30.3 Å². The largest absolute Gasteiger partial charge is 0.496 e. The molecule has 0 radical (unpaired) electrons. The molecule has 0 saturated carbocycles. The fraction of sp³-hybridized carbons (Fsp3) is 0.0769. The zero-order valence-electron chi connectivity index (χ0n) is 10.2. The molecule has 0 spiro atoms. The van der Waals surface area contributed by atoms with E-state index in [1.807, 2.05) is 0 Å². The van der Waals surface area contributed by atoms with E-state index in [9.17, 15) is 4.79 Å². The average molecular weight is 278 g/mol. The number of nitrogens with zero attached hydrogens (tertiary/aromatic N) is 1. The summed E-state index contributed by atoms with van der Waals surface area (Å²) in [4.78, 5) is 16.1. The lowest BCUT2D eigenvalue weighted by molar-refractivity contribution is 0.102. The number of methoxy groups -OCH3 is 1. The monoisotopic (exact) mass is 277 g/mol. The number of anilines is 2.